The van der Waals surface area contributed by atoms with Crippen LogP contribution in [0.4, 0.5) is 5.69 Å². The summed E-state index contributed by atoms with van der Waals surface area (Å²) in [6.07, 6.45) is 0. The number of anilines is 1. The second kappa shape index (κ2) is 4.64. The van der Waals surface area contributed by atoms with E-state index in [1.165, 1.54) is 6.07 Å². The Bertz CT molecular complexity index is 773. The van der Waals surface area contributed by atoms with Crippen molar-refractivity contribution in [3.05, 3.63) is 47.5 Å². The highest BCUT2D eigenvalue weighted by atomic mass is 16.6. The molecule has 0 radical (unpaired) electrons. The van der Waals surface area contributed by atoms with Gasteiger partial charge in [-0.3, -0.25) is 10.0 Å². The van der Waals surface area contributed by atoms with E-state index in [4.69, 9.17) is 9.47 Å². The van der Waals surface area contributed by atoms with Gasteiger partial charge in [-0.2, -0.15) is 5.06 Å². The maximum atomic E-state index is 12.4. The lowest BCUT2D eigenvalue weighted by Gasteiger charge is -2.21. The van der Waals surface area contributed by atoms with Crippen LogP contribution in [0.15, 0.2) is 36.4 Å². The summed E-state index contributed by atoms with van der Waals surface area (Å²) in [5.41, 5.74) is 1.45. The molecule has 2 aliphatic rings. The molecule has 2 heterocycles. The number of aromatic hydroxyl groups is 1. The summed E-state index contributed by atoms with van der Waals surface area (Å²) in [4.78, 5) is 12.4. The molecule has 4 rings (SSSR count). The van der Waals surface area contributed by atoms with Gasteiger partial charge in [0.25, 0.3) is 5.91 Å². The number of nitrogens with zero attached hydrogens (tertiary/aromatic N) is 1. The van der Waals surface area contributed by atoms with Crippen molar-refractivity contribution in [2.45, 2.75) is 5.92 Å². The standard InChI is InChI=1S/C16H13NO5/c18-12-8-14-13(21-5-6-22-14)7-10(12)15-9-3-1-2-4-11(9)17(20)16(15)19/h1-4,7-8,15,18,20H,5-6H2. The van der Waals surface area contributed by atoms with Crippen molar-refractivity contribution in [3.8, 4) is 17.2 Å². The Labute approximate surface area is 126 Å². The molecule has 0 aliphatic carbocycles. The lowest BCUT2D eigenvalue weighted by Crippen LogP contribution is -2.25. The number of carbonyl (C=O) groups excluding carboxylic acids is 1. The Balaban J connectivity index is 1.87. The molecule has 0 bridgehead atoms. The van der Waals surface area contributed by atoms with Gasteiger partial charge >= 0.3 is 0 Å². The number of benzene rings is 2. The smallest absolute Gasteiger partial charge is 0.262 e. The van der Waals surface area contributed by atoms with Crippen LogP contribution in [-0.2, 0) is 4.79 Å². The Hall–Kier alpha value is -2.73. The van der Waals surface area contributed by atoms with Crippen LogP contribution in [0.5, 0.6) is 17.2 Å². The van der Waals surface area contributed by atoms with Crippen LogP contribution in [0.2, 0.25) is 0 Å². The molecule has 1 amide bonds. The van der Waals surface area contributed by atoms with Gasteiger partial charge in [-0.25, -0.2) is 0 Å². The molecule has 2 N–H and O–H groups in total. The number of hydroxylamine groups is 1. The summed E-state index contributed by atoms with van der Waals surface area (Å²) >= 11 is 0. The fourth-order valence-corrected chi connectivity index (χ4v) is 2.92. The van der Waals surface area contributed by atoms with E-state index in [2.05, 4.69) is 0 Å². The van der Waals surface area contributed by atoms with Gasteiger partial charge in [-0.05, 0) is 17.7 Å². The van der Waals surface area contributed by atoms with E-state index in [1.54, 1.807) is 30.3 Å². The number of para-hydroxylation sites is 1. The van der Waals surface area contributed by atoms with Crippen molar-refractivity contribution in [3.63, 3.8) is 0 Å². The van der Waals surface area contributed by atoms with Crippen LogP contribution in [0.25, 0.3) is 0 Å². The Morgan fingerprint density at radius 2 is 1.73 bits per heavy atom. The summed E-state index contributed by atoms with van der Waals surface area (Å²) < 4.78 is 10.9. The van der Waals surface area contributed by atoms with Crippen LogP contribution >= 0.6 is 0 Å². The first-order valence-corrected chi connectivity index (χ1v) is 6.91. The predicted molar refractivity (Wildman–Crippen MR) is 76.7 cm³/mol. The van der Waals surface area contributed by atoms with Crippen molar-refractivity contribution >= 4 is 11.6 Å². The number of hydrogen-bond donors (Lipinski definition) is 2. The first kappa shape index (κ1) is 13.0. The van der Waals surface area contributed by atoms with Gasteiger partial charge in [0.15, 0.2) is 11.5 Å². The molecule has 0 aromatic heterocycles. The molecule has 6 nitrogen and oxygen atoms in total. The van der Waals surface area contributed by atoms with Gasteiger partial charge in [0.2, 0.25) is 0 Å². The number of ether oxygens (including phenoxy) is 2. The van der Waals surface area contributed by atoms with Crippen molar-refractivity contribution < 1.29 is 24.6 Å². The highest BCUT2D eigenvalue weighted by Crippen LogP contribution is 2.46. The summed E-state index contributed by atoms with van der Waals surface area (Å²) in [5, 5.41) is 20.8. The average Bonchev–Trinajstić information content (AvgIpc) is 2.79. The third-order valence-electron chi connectivity index (χ3n) is 3.93. The number of hydrogen-bond acceptors (Lipinski definition) is 5. The zero-order chi connectivity index (χ0) is 15.3. The molecule has 2 aromatic rings. The lowest BCUT2D eigenvalue weighted by molar-refractivity contribution is -0.123. The second-order valence-electron chi connectivity index (χ2n) is 5.20. The molecule has 0 saturated heterocycles. The Morgan fingerprint density at radius 3 is 2.50 bits per heavy atom. The van der Waals surface area contributed by atoms with Gasteiger partial charge in [0.05, 0.1) is 11.6 Å². The maximum absolute atomic E-state index is 12.4. The Morgan fingerprint density at radius 1 is 1.05 bits per heavy atom. The van der Waals surface area contributed by atoms with Crippen LogP contribution in [-0.4, -0.2) is 29.4 Å². The van der Waals surface area contributed by atoms with E-state index < -0.39 is 11.8 Å². The summed E-state index contributed by atoms with van der Waals surface area (Å²) in [7, 11) is 0. The highest BCUT2D eigenvalue weighted by Gasteiger charge is 2.39. The fourth-order valence-electron chi connectivity index (χ4n) is 2.92. The molecule has 1 unspecified atom stereocenters. The zero-order valence-electron chi connectivity index (χ0n) is 11.5. The minimum Gasteiger partial charge on any atom is -0.507 e. The molecule has 1 atom stereocenters. The number of phenols is 1. The number of rotatable bonds is 1. The van der Waals surface area contributed by atoms with E-state index in [-0.39, 0.29) is 5.75 Å². The number of fused-ring (bicyclic) bond motifs is 2. The van der Waals surface area contributed by atoms with Gasteiger partial charge in [0.1, 0.15) is 19.0 Å². The number of carbonyl (C=O) groups is 1. The zero-order valence-corrected chi connectivity index (χ0v) is 11.5. The first-order valence-electron chi connectivity index (χ1n) is 6.91. The molecular formula is C16H13NO5. The molecule has 112 valence electrons. The Kier molecular flexibility index (Phi) is 2.74. The molecule has 0 saturated carbocycles. The first-order chi connectivity index (χ1) is 10.7. The lowest BCUT2D eigenvalue weighted by atomic mass is 9.91. The summed E-state index contributed by atoms with van der Waals surface area (Å²) in [6.45, 7) is 0.833. The summed E-state index contributed by atoms with van der Waals surface area (Å²) in [6, 6.07) is 9.98. The van der Waals surface area contributed by atoms with Crippen LogP contribution in [0, 0.1) is 0 Å². The van der Waals surface area contributed by atoms with E-state index in [1.807, 2.05) is 0 Å². The predicted octanol–water partition coefficient (Wildman–Crippen LogP) is 2.03. The topological polar surface area (TPSA) is 79.2 Å². The van der Waals surface area contributed by atoms with Crippen molar-refractivity contribution in [2.75, 3.05) is 18.3 Å². The molecule has 0 fully saturated rings. The molecule has 6 heteroatoms. The molecule has 0 spiro atoms. The fraction of sp³-hybridized carbons (Fsp3) is 0.188. The molecule has 2 aliphatic heterocycles. The average molecular weight is 299 g/mol. The van der Waals surface area contributed by atoms with E-state index >= 15 is 0 Å². The number of phenolic OH excluding ortho intramolecular Hbond substituents is 1. The van der Waals surface area contributed by atoms with Crippen molar-refractivity contribution in [1.29, 1.82) is 0 Å². The quantitative estimate of drug-likeness (QED) is 0.788. The largest absolute Gasteiger partial charge is 0.507 e. The van der Waals surface area contributed by atoms with Crippen LogP contribution < -0.4 is 14.5 Å². The van der Waals surface area contributed by atoms with E-state index in [9.17, 15) is 15.1 Å². The van der Waals surface area contributed by atoms with Crippen LogP contribution in [0.3, 0.4) is 0 Å². The van der Waals surface area contributed by atoms with Gasteiger partial charge in [-0.15, -0.1) is 0 Å². The van der Waals surface area contributed by atoms with E-state index in [0.29, 0.717) is 46.6 Å². The highest BCUT2D eigenvalue weighted by molar-refractivity contribution is 6.05. The normalized spacial score (nSPS) is 19.2. The number of amides is 1. The van der Waals surface area contributed by atoms with E-state index in [0.717, 1.165) is 0 Å². The molecule has 2 aromatic carbocycles. The third kappa shape index (κ3) is 1.74. The van der Waals surface area contributed by atoms with Crippen molar-refractivity contribution in [1.82, 2.24) is 0 Å². The van der Waals surface area contributed by atoms with Gasteiger partial charge < -0.3 is 14.6 Å². The molecule has 22 heavy (non-hydrogen) atoms. The maximum Gasteiger partial charge on any atom is 0.262 e. The minimum atomic E-state index is -0.767. The van der Waals surface area contributed by atoms with Crippen molar-refractivity contribution in [2.24, 2.45) is 0 Å². The third-order valence-corrected chi connectivity index (χ3v) is 3.93. The summed E-state index contributed by atoms with van der Waals surface area (Å²) in [5.74, 6) is -0.397. The van der Waals surface area contributed by atoms with Crippen LogP contribution in [0.1, 0.15) is 17.0 Å². The monoisotopic (exact) mass is 299 g/mol. The minimum absolute atomic E-state index is 0.0623. The van der Waals surface area contributed by atoms with Gasteiger partial charge in [-0.1, -0.05) is 18.2 Å². The SMILES string of the molecule is O=C1C(c2cc3c(cc2O)OCCO3)c2ccccc2N1O. The van der Waals surface area contributed by atoms with Gasteiger partial charge in [0, 0.05) is 11.6 Å². The second-order valence-corrected chi connectivity index (χ2v) is 5.20. The molecular weight excluding hydrogens is 286 g/mol.